The molecule has 1 aromatic heterocycles. The summed E-state index contributed by atoms with van der Waals surface area (Å²) in [5.74, 6) is 1.83. The van der Waals surface area contributed by atoms with Crippen molar-refractivity contribution in [2.75, 3.05) is 5.75 Å². The van der Waals surface area contributed by atoms with Gasteiger partial charge in [0.1, 0.15) is 0 Å². The SMILES string of the molecule is CCn1nc(C)c(Cl)c1CSCC(C)N. The van der Waals surface area contributed by atoms with Crippen LogP contribution in [0.5, 0.6) is 0 Å². The van der Waals surface area contributed by atoms with E-state index < -0.39 is 0 Å². The lowest BCUT2D eigenvalue weighted by atomic mass is 10.4. The largest absolute Gasteiger partial charge is 0.327 e. The van der Waals surface area contributed by atoms with E-state index in [1.54, 1.807) is 11.8 Å². The molecule has 0 amide bonds. The van der Waals surface area contributed by atoms with E-state index >= 15 is 0 Å². The van der Waals surface area contributed by atoms with Crippen LogP contribution >= 0.6 is 23.4 Å². The Morgan fingerprint density at radius 3 is 2.80 bits per heavy atom. The molecule has 3 nitrogen and oxygen atoms in total. The molecule has 0 saturated carbocycles. The molecule has 1 heterocycles. The van der Waals surface area contributed by atoms with E-state index in [0.717, 1.165) is 34.5 Å². The normalized spacial score (nSPS) is 13.1. The summed E-state index contributed by atoms with van der Waals surface area (Å²) >= 11 is 7.98. The minimum atomic E-state index is 0.230. The molecule has 1 atom stereocenters. The molecule has 1 aromatic rings. The van der Waals surface area contributed by atoms with Gasteiger partial charge in [0.05, 0.1) is 16.4 Å². The first kappa shape index (κ1) is 12.9. The Labute approximate surface area is 100 Å². The zero-order valence-electron chi connectivity index (χ0n) is 9.46. The minimum Gasteiger partial charge on any atom is -0.327 e. The Morgan fingerprint density at radius 2 is 2.27 bits per heavy atom. The van der Waals surface area contributed by atoms with Crippen LogP contribution in [-0.2, 0) is 12.3 Å². The van der Waals surface area contributed by atoms with Gasteiger partial charge in [0, 0.05) is 24.1 Å². The zero-order valence-corrected chi connectivity index (χ0v) is 11.0. The second kappa shape index (κ2) is 5.77. The maximum atomic E-state index is 6.18. The van der Waals surface area contributed by atoms with Gasteiger partial charge in [-0.05, 0) is 20.8 Å². The fraction of sp³-hybridized carbons (Fsp3) is 0.700. The number of rotatable bonds is 5. The highest BCUT2D eigenvalue weighted by molar-refractivity contribution is 7.98. The summed E-state index contributed by atoms with van der Waals surface area (Å²) in [6, 6.07) is 0.230. The van der Waals surface area contributed by atoms with E-state index in [1.807, 2.05) is 18.5 Å². The Bertz CT molecular complexity index is 323. The number of hydrogen-bond donors (Lipinski definition) is 1. The smallest absolute Gasteiger partial charge is 0.0855 e. The molecule has 0 spiro atoms. The highest BCUT2D eigenvalue weighted by Crippen LogP contribution is 2.24. The number of aryl methyl sites for hydroxylation is 2. The van der Waals surface area contributed by atoms with Crippen molar-refractivity contribution in [1.82, 2.24) is 9.78 Å². The Hall–Kier alpha value is -0.190. The van der Waals surface area contributed by atoms with E-state index in [0.29, 0.717) is 0 Å². The quantitative estimate of drug-likeness (QED) is 0.869. The van der Waals surface area contributed by atoms with Crippen LogP contribution < -0.4 is 5.73 Å². The van der Waals surface area contributed by atoms with Crippen LogP contribution in [0.1, 0.15) is 25.2 Å². The number of aromatic nitrogens is 2. The van der Waals surface area contributed by atoms with Gasteiger partial charge in [-0.3, -0.25) is 4.68 Å². The van der Waals surface area contributed by atoms with Gasteiger partial charge < -0.3 is 5.73 Å². The van der Waals surface area contributed by atoms with Crippen molar-refractivity contribution in [3.05, 3.63) is 16.4 Å². The summed E-state index contributed by atoms with van der Waals surface area (Å²) in [5, 5.41) is 5.17. The maximum Gasteiger partial charge on any atom is 0.0855 e. The second-order valence-electron chi connectivity index (χ2n) is 3.65. The van der Waals surface area contributed by atoms with Gasteiger partial charge in [-0.15, -0.1) is 0 Å². The van der Waals surface area contributed by atoms with Crippen LogP contribution in [-0.4, -0.2) is 21.6 Å². The molecule has 5 heteroatoms. The summed E-state index contributed by atoms with van der Waals surface area (Å²) in [5.41, 5.74) is 7.72. The highest BCUT2D eigenvalue weighted by atomic mass is 35.5. The molecule has 0 bridgehead atoms. The molecule has 0 aliphatic carbocycles. The number of nitrogens with two attached hydrogens (primary N) is 1. The lowest BCUT2D eigenvalue weighted by Crippen LogP contribution is -2.17. The fourth-order valence-corrected chi connectivity index (χ4v) is 2.61. The zero-order chi connectivity index (χ0) is 11.4. The van der Waals surface area contributed by atoms with Crippen molar-refractivity contribution in [1.29, 1.82) is 0 Å². The van der Waals surface area contributed by atoms with E-state index in [2.05, 4.69) is 12.0 Å². The second-order valence-corrected chi connectivity index (χ2v) is 5.06. The molecule has 0 fully saturated rings. The molecule has 15 heavy (non-hydrogen) atoms. The third-order valence-electron chi connectivity index (χ3n) is 2.07. The minimum absolute atomic E-state index is 0.230. The lowest BCUT2D eigenvalue weighted by molar-refractivity contribution is 0.632. The average Bonchev–Trinajstić information content (AvgIpc) is 2.44. The lowest BCUT2D eigenvalue weighted by Gasteiger charge is -2.07. The van der Waals surface area contributed by atoms with Gasteiger partial charge in [-0.1, -0.05) is 11.6 Å². The summed E-state index contributed by atoms with van der Waals surface area (Å²) < 4.78 is 1.96. The van der Waals surface area contributed by atoms with Crippen molar-refractivity contribution in [2.24, 2.45) is 5.73 Å². The number of nitrogens with zero attached hydrogens (tertiary/aromatic N) is 2. The molecular weight excluding hydrogens is 230 g/mol. The van der Waals surface area contributed by atoms with Crippen LogP contribution in [0.4, 0.5) is 0 Å². The van der Waals surface area contributed by atoms with Crippen molar-refractivity contribution >= 4 is 23.4 Å². The molecule has 0 aromatic carbocycles. The van der Waals surface area contributed by atoms with Crippen molar-refractivity contribution in [3.8, 4) is 0 Å². The first-order chi connectivity index (χ1) is 7.06. The Morgan fingerprint density at radius 1 is 1.60 bits per heavy atom. The molecule has 0 aliphatic rings. The predicted molar refractivity (Wildman–Crippen MR) is 67.5 cm³/mol. The molecule has 1 unspecified atom stereocenters. The number of hydrogen-bond acceptors (Lipinski definition) is 3. The standard InChI is InChI=1S/C10H18ClN3S/c1-4-14-9(6-15-5-7(2)12)10(11)8(3)13-14/h7H,4-6,12H2,1-3H3. The van der Waals surface area contributed by atoms with Gasteiger partial charge in [0.15, 0.2) is 0 Å². The van der Waals surface area contributed by atoms with Crippen LogP contribution in [0.15, 0.2) is 0 Å². The fourth-order valence-electron chi connectivity index (χ4n) is 1.35. The topological polar surface area (TPSA) is 43.8 Å². The molecular formula is C10H18ClN3S. The highest BCUT2D eigenvalue weighted by Gasteiger charge is 2.12. The van der Waals surface area contributed by atoms with Gasteiger partial charge in [0.25, 0.3) is 0 Å². The average molecular weight is 248 g/mol. The summed E-state index contributed by atoms with van der Waals surface area (Å²) in [6.07, 6.45) is 0. The van der Waals surface area contributed by atoms with Crippen LogP contribution in [0.25, 0.3) is 0 Å². The molecule has 0 saturated heterocycles. The van der Waals surface area contributed by atoms with Crippen LogP contribution in [0.3, 0.4) is 0 Å². The van der Waals surface area contributed by atoms with Gasteiger partial charge in [-0.2, -0.15) is 16.9 Å². The molecule has 1 rings (SSSR count). The predicted octanol–water partition coefficient (Wildman–Crippen LogP) is 2.45. The van der Waals surface area contributed by atoms with E-state index in [4.69, 9.17) is 17.3 Å². The third kappa shape index (κ3) is 3.40. The Kier molecular flexibility index (Phi) is 4.96. The van der Waals surface area contributed by atoms with Crippen LogP contribution in [0.2, 0.25) is 5.02 Å². The first-order valence-electron chi connectivity index (χ1n) is 5.11. The number of thioether (sulfide) groups is 1. The Balaban J connectivity index is 2.66. The molecule has 2 N–H and O–H groups in total. The molecule has 0 aliphatic heterocycles. The van der Waals surface area contributed by atoms with Crippen molar-refractivity contribution < 1.29 is 0 Å². The van der Waals surface area contributed by atoms with Gasteiger partial charge >= 0.3 is 0 Å². The van der Waals surface area contributed by atoms with Crippen LogP contribution in [0, 0.1) is 6.92 Å². The van der Waals surface area contributed by atoms with Crippen molar-refractivity contribution in [3.63, 3.8) is 0 Å². The monoisotopic (exact) mass is 247 g/mol. The van der Waals surface area contributed by atoms with Gasteiger partial charge in [0.2, 0.25) is 0 Å². The van der Waals surface area contributed by atoms with Gasteiger partial charge in [-0.25, -0.2) is 0 Å². The summed E-state index contributed by atoms with van der Waals surface area (Å²) in [6.45, 7) is 6.88. The van der Waals surface area contributed by atoms with Crippen molar-refractivity contribution in [2.45, 2.75) is 39.1 Å². The summed E-state index contributed by atoms with van der Waals surface area (Å²) in [7, 11) is 0. The molecule has 86 valence electrons. The van der Waals surface area contributed by atoms with E-state index in [-0.39, 0.29) is 6.04 Å². The molecule has 0 radical (unpaired) electrons. The van der Waals surface area contributed by atoms with E-state index in [9.17, 15) is 0 Å². The maximum absolute atomic E-state index is 6.18. The summed E-state index contributed by atoms with van der Waals surface area (Å²) in [4.78, 5) is 0. The third-order valence-corrected chi connectivity index (χ3v) is 3.80. The number of halogens is 1. The van der Waals surface area contributed by atoms with E-state index in [1.165, 1.54) is 0 Å². The first-order valence-corrected chi connectivity index (χ1v) is 6.64.